The van der Waals surface area contributed by atoms with Gasteiger partial charge in [0.1, 0.15) is 18.9 Å². The van der Waals surface area contributed by atoms with Crippen molar-refractivity contribution in [3.05, 3.63) is 60.2 Å². The maximum absolute atomic E-state index is 12.6. The molecule has 3 aromatic rings. The van der Waals surface area contributed by atoms with Crippen molar-refractivity contribution in [1.82, 2.24) is 25.5 Å². The normalized spacial score (nSPS) is 12.1. The Labute approximate surface area is 196 Å². The van der Waals surface area contributed by atoms with E-state index in [0.29, 0.717) is 11.3 Å². The Morgan fingerprint density at radius 2 is 1.82 bits per heavy atom. The molecule has 1 heterocycles. The SMILES string of the molecule is CCC(NC(=O)OCc1ccccc1)C(=O)Cn1nnc(Sc2ccc(OC(F)(F)F)cc2)n1. The minimum absolute atomic E-state index is 0.0752. The van der Waals surface area contributed by atoms with Gasteiger partial charge in [0.2, 0.25) is 5.16 Å². The number of amides is 1. The predicted molar refractivity (Wildman–Crippen MR) is 114 cm³/mol. The number of aromatic nitrogens is 4. The molecule has 0 spiro atoms. The molecule has 0 bridgehead atoms. The van der Waals surface area contributed by atoms with Gasteiger partial charge in [-0.2, -0.15) is 4.80 Å². The number of alkyl carbamates (subject to hydrolysis) is 1. The average Bonchev–Trinajstić information content (AvgIpc) is 3.23. The molecule has 180 valence electrons. The van der Waals surface area contributed by atoms with Crippen LogP contribution in [0.2, 0.25) is 0 Å². The summed E-state index contributed by atoms with van der Waals surface area (Å²) in [4.78, 5) is 26.2. The summed E-state index contributed by atoms with van der Waals surface area (Å²) >= 11 is 1.05. The molecular weight excluding hydrogens is 475 g/mol. The fraction of sp³-hybridized carbons (Fsp3) is 0.286. The smallest absolute Gasteiger partial charge is 0.445 e. The second kappa shape index (κ2) is 11.5. The molecule has 1 aromatic heterocycles. The van der Waals surface area contributed by atoms with Crippen molar-refractivity contribution in [3.8, 4) is 5.75 Å². The molecule has 0 radical (unpaired) electrons. The minimum atomic E-state index is -4.77. The monoisotopic (exact) mass is 495 g/mol. The van der Waals surface area contributed by atoms with E-state index in [1.807, 2.05) is 30.3 Å². The lowest BCUT2D eigenvalue weighted by Gasteiger charge is -2.15. The molecule has 1 amide bonds. The third kappa shape index (κ3) is 8.06. The highest BCUT2D eigenvalue weighted by Crippen LogP contribution is 2.28. The molecule has 13 heteroatoms. The summed E-state index contributed by atoms with van der Waals surface area (Å²) in [5, 5.41) is 14.4. The summed E-state index contributed by atoms with van der Waals surface area (Å²) in [7, 11) is 0. The maximum Gasteiger partial charge on any atom is 0.573 e. The highest BCUT2D eigenvalue weighted by Gasteiger charge is 2.31. The molecule has 1 N–H and O–H groups in total. The maximum atomic E-state index is 12.6. The first kappa shape index (κ1) is 25.0. The molecule has 3 rings (SSSR count). The third-order valence-electron chi connectivity index (χ3n) is 4.30. The zero-order valence-electron chi connectivity index (χ0n) is 17.9. The van der Waals surface area contributed by atoms with E-state index >= 15 is 0 Å². The van der Waals surface area contributed by atoms with Gasteiger partial charge < -0.3 is 14.8 Å². The fourth-order valence-electron chi connectivity index (χ4n) is 2.72. The van der Waals surface area contributed by atoms with Crippen LogP contribution in [0.25, 0.3) is 0 Å². The number of carbonyl (C=O) groups excluding carboxylic acids is 2. The van der Waals surface area contributed by atoms with E-state index in [-0.39, 0.29) is 29.8 Å². The third-order valence-corrected chi connectivity index (χ3v) is 5.15. The summed E-state index contributed by atoms with van der Waals surface area (Å²) < 4.78 is 45.7. The zero-order valence-corrected chi connectivity index (χ0v) is 18.7. The first-order valence-corrected chi connectivity index (χ1v) is 10.8. The molecule has 0 saturated heterocycles. The van der Waals surface area contributed by atoms with Crippen molar-refractivity contribution in [2.24, 2.45) is 0 Å². The number of carbonyl (C=O) groups is 2. The topological polar surface area (TPSA) is 108 Å². The van der Waals surface area contributed by atoms with Gasteiger partial charge in [0.15, 0.2) is 5.78 Å². The van der Waals surface area contributed by atoms with E-state index < -0.39 is 18.5 Å². The molecule has 2 aromatic carbocycles. The van der Waals surface area contributed by atoms with Crippen LogP contribution in [0, 0.1) is 0 Å². The van der Waals surface area contributed by atoms with Crippen LogP contribution < -0.4 is 10.1 Å². The number of Topliss-reactive ketones (excluding diaryl/α,β-unsaturated/α-hetero) is 1. The van der Waals surface area contributed by atoms with Crippen molar-refractivity contribution < 1.29 is 32.2 Å². The highest BCUT2D eigenvalue weighted by molar-refractivity contribution is 7.99. The Hall–Kier alpha value is -3.61. The Morgan fingerprint density at radius 3 is 2.47 bits per heavy atom. The largest absolute Gasteiger partial charge is 0.573 e. The van der Waals surface area contributed by atoms with Gasteiger partial charge in [-0.1, -0.05) is 37.3 Å². The van der Waals surface area contributed by atoms with Crippen LogP contribution in [0.1, 0.15) is 18.9 Å². The van der Waals surface area contributed by atoms with Gasteiger partial charge in [0.05, 0.1) is 6.04 Å². The van der Waals surface area contributed by atoms with Crippen LogP contribution in [-0.4, -0.2) is 44.5 Å². The van der Waals surface area contributed by atoms with Gasteiger partial charge in [-0.3, -0.25) is 4.79 Å². The van der Waals surface area contributed by atoms with Crippen molar-refractivity contribution in [2.45, 2.75) is 49.0 Å². The number of ether oxygens (including phenoxy) is 2. The van der Waals surface area contributed by atoms with E-state index in [1.54, 1.807) is 6.92 Å². The average molecular weight is 495 g/mol. The van der Waals surface area contributed by atoms with Gasteiger partial charge in [-0.15, -0.1) is 23.4 Å². The van der Waals surface area contributed by atoms with Crippen LogP contribution in [0.3, 0.4) is 0 Å². The predicted octanol–water partition coefficient (Wildman–Crippen LogP) is 4.00. The Morgan fingerprint density at radius 1 is 1.12 bits per heavy atom. The van der Waals surface area contributed by atoms with Crippen molar-refractivity contribution >= 4 is 23.6 Å². The number of hydrogen-bond acceptors (Lipinski definition) is 8. The number of rotatable bonds is 10. The lowest BCUT2D eigenvalue weighted by atomic mass is 10.1. The van der Waals surface area contributed by atoms with Crippen molar-refractivity contribution in [2.75, 3.05) is 0 Å². The summed E-state index contributed by atoms with van der Waals surface area (Å²) in [5.74, 6) is -0.693. The minimum Gasteiger partial charge on any atom is -0.445 e. The van der Waals surface area contributed by atoms with Crippen LogP contribution in [0.4, 0.5) is 18.0 Å². The molecule has 34 heavy (non-hydrogen) atoms. The number of nitrogens with zero attached hydrogens (tertiary/aromatic N) is 4. The molecule has 1 unspecified atom stereocenters. The number of nitrogens with one attached hydrogen (secondary N) is 1. The van der Waals surface area contributed by atoms with E-state index in [9.17, 15) is 22.8 Å². The summed E-state index contributed by atoms with van der Waals surface area (Å²) in [6.45, 7) is 1.58. The number of alkyl halides is 3. The number of hydrogen-bond donors (Lipinski definition) is 1. The number of benzene rings is 2. The molecular formula is C21H20F3N5O4S. The second-order valence-electron chi connectivity index (χ2n) is 6.86. The van der Waals surface area contributed by atoms with Crippen LogP contribution in [-0.2, 0) is 22.7 Å². The van der Waals surface area contributed by atoms with Crippen LogP contribution >= 0.6 is 11.8 Å². The van der Waals surface area contributed by atoms with Crippen LogP contribution in [0.15, 0.2) is 64.6 Å². The number of halogens is 3. The Kier molecular flexibility index (Phi) is 8.46. The van der Waals surface area contributed by atoms with Crippen molar-refractivity contribution in [1.29, 1.82) is 0 Å². The standard InChI is InChI=1S/C21H20F3N5O4S/c1-2-17(25-20(31)32-13-14-6-4-3-5-7-14)18(30)12-29-27-19(26-28-29)34-16-10-8-15(9-11-16)33-21(22,23)24/h3-11,17H,2,12-13H2,1H3,(H,25,31). The molecule has 0 aliphatic rings. The molecule has 0 aliphatic heterocycles. The molecule has 0 fully saturated rings. The summed E-state index contributed by atoms with van der Waals surface area (Å²) in [6.07, 6.45) is -5.15. The summed E-state index contributed by atoms with van der Waals surface area (Å²) in [6, 6.07) is 13.5. The fourth-order valence-corrected chi connectivity index (χ4v) is 3.41. The lowest BCUT2D eigenvalue weighted by molar-refractivity contribution is -0.274. The lowest BCUT2D eigenvalue weighted by Crippen LogP contribution is -2.42. The number of ketones is 1. The molecule has 0 aliphatic carbocycles. The zero-order chi connectivity index (χ0) is 24.6. The highest BCUT2D eigenvalue weighted by atomic mass is 32.2. The Bertz CT molecular complexity index is 1090. The van der Waals surface area contributed by atoms with E-state index in [0.717, 1.165) is 34.3 Å². The van der Waals surface area contributed by atoms with Gasteiger partial charge in [0.25, 0.3) is 0 Å². The van der Waals surface area contributed by atoms with Gasteiger partial charge in [-0.25, -0.2) is 4.79 Å². The van der Waals surface area contributed by atoms with Gasteiger partial charge in [-0.05, 0) is 53.2 Å². The van der Waals surface area contributed by atoms with Crippen LogP contribution in [0.5, 0.6) is 5.75 Å². The van der Waals surface area contributed by atoms with E-state index in [2.05, 4.69) is 25.5 Å². The molecule has 0 saturated carbocycles. The van der Waals surface area contributed by atoms with Crippen molar-refractivity contribution in [3.63, 3.8) is 0 Å². The second-order valence-corrected chi connectivity index (χ2v) is 7.90. The molecule has 9 nitrogen and oxygen atoms in total. The van der Waals surface area contributed by atoms with E-state index in [1.165, 1.54) is 12.1 Å². The quantitative estimate of drug-likeness (QED) is 0.450. The molecule has 1 atom stereocenters. The van der Waals surface area contributed by atoms with Gasteiger partial charge >= 0.3 is 12.5 Å². The first-order chi connectivity index (χ1) is 16.2. The summed E-state index contributed by atoms with van der Waals surface area (Å²) in [5.41, 5.74) is 0.816. The van der Waals surface area contributed by atoms with Gasteiger partial charge in [0, 0.05) is 4.90 Å². The number of tetrazole rings is 1. The van der Waals surface area contributed by atoms with E-state index in [4.69, 9.17) is 4.74 Å². The Balaban J connectivity index is 1.49. The first-order valence-electron chi connectivity index (χ1n) is 10.0.